The van der Waals surface area contributed by atoms with Gasteiger partial charge in [0.25, 0.3) is 5.91 Å². The minimum Gasteiger partial charge on any atom is -0.497 e. The molecule has 0 atom stereocenters. The van der Waals surface area contributed by atoms with E-state index in [0.717, 1.165) is 0 Å². The fourth-order valence-electron chi connectivity index (χ4n) is 1.47. The first-order chi connectivity index (χ1) is 9.69. The molecule has 1 N–H and O–H groups in total. The maximum atomic E-state index is 11.6. The van der Waals surface area contributed by atoms with E-state index in [-0.39, 0.29) is 12.5 Å². The Labute approximate surface area is 120 Å². The van der Waals surface area contributed by atoms with Crippen LogP contribution in [0.25, 0.3) is 0 Å². The first kappa shape index (κ1) is 14.1. The fraction of sp³-hybridized carbons (Fsp3) is 0.143. The zero-order valence-electron chi connectivity index (χ0n) is 10.8. The number of esters is 1. The van der Waals surface area contributed by atoms with Crippen LogP contribution in [-0.2, 0) is 9.53 Å². The van der Waals surface area contributed by atoms with Crippen molar-refractivity contribution in [1.29, 1.82) is 0 Å². The molecule has 2 aromatic rings. The molecule has 20 heavy (non-hydrogen) atoms. The van der Waals surface area contributed by atoms with Crippen LogP contribution in [0.1, 0.15) is 9.67 Å². The normalized spacial score (nSPS) is 9.85. The topological polar surface area (TPSA) is 64.6 Å². The van der Waals surface area contributed by atoms with E-state index in [1.807, 2.05) is 0 Å². The molecular formula is C14H13NO4S. The average molecular weight is 291 g/mol. The van der Waals surface area contributed by atoms with Crippen LogP contribution in [0.15, 0.2) is 41.8 Å². The molecule has 0 unspecified atom stereocenters. The quantitative estimate of drug-likeness (QED) is 0.860. The standard InChI is InChI=1S/C14H13NO4S/c1-18-11-6-4-10(5-7-11)15-13(16)9-19-14(17)12-3-2-8-20-12/h2-8H,9H2,1H3,(H,15,16). The van der Waals surface area contributed by atoms with Crippen LogP contribution in [0.2, 0.25) is 0 Å². The van der Waals surface area contributed by atoms with Gasteiger partial charge in [-0.3, -0.25) is 4.79 Å². The number of carbonyl (C=O) groups is 2. The smallest absolute Gasteiger partial charge is 0.348 e. The Kier molecular flexibility index (Phi) is 4.73. The summed E-state index contributed by atoms with van der Waals surface area (Å²) in [7, 11) is 1.57. The van der Waals surface area contributed by atoms with Crippen molar-refractivity contribution < 1.29 is 19.1 Å². The molecule has 0 aliphatic rings. The summed E-state index contributed by atoms with van der Waals surface area (Å²) in [5.41, 5.74) is 0.614. The van der Waals surface area contributed by atoms with Gasteiger partial charge in [-0.2, -0.15) is 0 Å². The highest BCUT2D eigenvalue weighted by molar-refractivity contribution is 7.11. The molecule has 5 nitrogen and oxygen atoms in total. The van der Waals surface area contributed by atoms with Crippen LogP contribution in [0, 0.1) is 0 Å². The number of hydrogen-bond donors (Lipinski definition) is 1. The summed E-state index contributed by atoms with van der Waals surface area (Å²) in [6.07, 6.45) is 0. The van der Waals surface area contributed by atoms with E-state index in [4.69, 9.17) is 9.47 Å². The molecule has 104 valence electrons. The van der Waals surface area contributed by atoms with Crippen LogP contribution < -0.4 is 10.1 Å². The van der Waals surface area contributed by atoms with E-state index in [2.05, 4.69) is 5.32 Å². The monoisotopic (exact) mass is 291 g/mol. The van der Waals surface area contributed by atoms with Gasteiger partial charge in [0.15, 0.2) is 6.61 Å². The third-order valence-corrected chi connectivity index (χ3v) is 3.28. The van der Waals surface area contributed by atoms with Gasteiger partial charge in [-0.15, -0.1) is 11.3 Å². The third kappa shape index (κ3) is 3.83. The summed E-state index contributed by atoms with van der Waals surface area (Å²) in [6.45, 7) is -0.317. The first-order valence-corrected chi connectivity index (χ1v) is 6.71. The van der Waals surface area contributed by atoms with Gasteiger partial charge in [0.2, 0.25) is 0 Å². The Morgan fingerprint density at radius 2 is 1.95 bits per heavy atom. The Bertz CT molecular complexity index is 578. The number of anilines is 1. The predicted octanol–water partition coefficient (Wildman–Crippen LogP) is 2.55. The fourth-order valence-corrected chi connectivity index (χ4v) is 2.08. The lowest BCUT2D eigenvalue weighted by molar-refractivity contribution is -0.119. The Morgan fingerprint density at radius 1 is 1.20 bits per heavy atom. The van der Waals surface area contributed by atoms with Gasteiger partial charge in [0.1, 0.15) is 10.6 Å². The van der Waals surface area contributed by atoms with E-state index < -0.39 is 5.97 Å². The second-order valence-corrected chi connectivity index (χ2v) is 4.78. The Morgan fingerprint density at radius 3 is 2.55 bits per heavy atom. The lowest BCUT2D eigenvalue weighted by Crippen LogP contribution is -2.20. The number of benzene rings is 1. The summed E-state index contributed by atoms with van der Waals surface area (Å²) < 4.78 is 9.91. The lowest BCUT2D eigenvalue weighted by atomic mass is 10.3. The van der Waals surface area contributed by atoms with Crippen molar-refractivity contribution in [3.8, 4) is 5.75 Å². The van der Waals surface area contributed by atoms with Crippen molar-refractivity contribution in [2.45, 2.75) is 0 Å². The van der Waals surface area contributed by atoms with Crippen molar-refractivity contribution in [2.75, 3.05) is 19.0 Å². The number of amides is 1. The zero-order chi connectivity index (χ0) is 14.4. The Balaban J connectivity index is 1.81. The molecule has 0 fully saturated rings. The number of carbonyl (C=O) groups excluding carboxylic acids is 2. The molecule has 1 aromatic heterocycles. The summed E-state index contributed by atoms with van der Waals surface area (Å²) >= 11 is 1.27. The van der Waals surface area contributed by atoms with Crippen molar-refractivity contribution in [2.24, 2.45) is 0 Å². The molecule has 0 saturated heterocycles. The van der Waals surface area contributed by atoms with E-state index in [1.54, 1.807) is 48.9 Å². The van der Waals surface area contributed by atoms with Crippen LogP contribution in [-0.4, -0.2) is 25.6 Å². The molecular weight excluding hydrogens is 278 g/mol. The van der Waals surface area contributed by atoms with Gasteiger partial charge in [0, 0.05) is 5.69 Å². The number of hydrogen-bond acceptors (Lipinski definition) is 5. The van der Waals surface area contributed by atoms with E-state index >= 15 is 0 Å². The van der Waals surface area contributed by atoms with Gasteiger partial charge in [-0.05, 0) is 35.7 Å². The highest BCUT2D eigenvalue weighted by Gasteiger charge is 2.10. The average Bonchev–Trinajstić information content (AvgIpc) is 3.00. The molecule has 0 radical (unpaired) electrons. The Hall–Kier alpha value is -2.34. The molecule has 6 heteroatoms. The molecule has 0 bridgehead atoms. The minimum atomic E-state index is -0.495. The van der Waals surface area contributed by atoms with E-state index in [0.29, 0.717) is 16.3 Å². The number of methoxy groups -OCH3 is 1. The van der Waals surface area contributed by atoms with E-state index in [1.165, 1.54) is 11.3 Å². The van der Waals surface area contributed by atoms with Crippen LogP contribution >= 0.6 is 11.3 Å². The molecule has 0 spiro atoms. The van der Waals surface area contributed by atoms with Crippen molar-refractivity contribution in [3.05, 3.63) is 46.7 Å². The second kappa shape index (κ2) is 6.72. The lowest BCUT2D eigenvalue weighted by Gasteiger charge is -2.06. The van der Waals surface area contributed by atoms with Crippen molar-refractivity contribution in [3.63, 3.8) is 0 Å². The maximum Gasteiger partial charge on any atom is 0.348 e. The molecule has 0 aliphatic heterocycles. The van der Waals surface area contributed by atoms with Gasteiger partial charge >= 0.3 is 5.97 Å². The predicted molar refractivity (Wildman–Crippen MR) is 76.2 cm³/mol. The van der Waals surface area contributed by atoms with E-state index in [9.17, 15) is 9.59 Å². The number of rotatable bonds is 5. The molecule has 1 heterocycles. The third-order valence-electron chi connectivity index (χ3n) is 2.43. The van der Waals surface area contributed by atoms with Gasteiger partial charge in [-0.25, -0.2) is 4.79 Å². The highest BCUT2D eigenvalue weighted by Crippen LogP contribution is 2.15. The summed E-state index contributed by atoms with van der Waals surface area (Å²) in [5.74, 6) is -0.183. The van der Waals surface area contributed by atoms with Gasteiger partial charge < -0.3 is 14.8 Å². The van der Waals surface area contributed by atoms with Crippen LogP contribution in [0.5, 0.6) is 5.75 Å². The maximum absolute atomic E-state index is 11.6. The van der Waals surface area contributed by atoms with Crippen LogP contribution in [0.3, 0.4) is 0 Å². The molecule has 1 aromatic carbocycles. The minimum absolute atomic E-state index is 0.317. The summed E-state index contributed by atoms with van der Waals surface area (Å²) in [5, 5.41) is 4.40. The van der Waals surface area contributed by atoms with Crippen molar-refractivity contribution >= 4 is 28.9 Å². The second-order valence-electron chi connectivity index (χ2n) is 3.83. The van der Waals surface area contributed by atoms with Crippen molar-refractivity contribution in [1.82, 2.24) is 0 Å². The molecule has 0 saturated carbocycles. The number of ether oxygens (including phenoxy) is 2. The molecule has 0 aliphatic carbocycles. The summed E-state index contributed by atoms with van der Waals surface area (Å²) in [4.78, 5) is 23.6. The number of thiophene rings is 1. The number of nitrogens with one attached hydrogen (secondary N) is 1. The first-order valence-electron chi connectivity index (χ1n) is 5.83. The van der Waals surface area contributed by atoms with Gasteiger partial charge in [-0.1, -0.05) is 6.07 Å². The SMILES string of the molecule is COc1ccc(NC(=O)COC(=O)c2cccs2)cc1. The zero-order valence-corrected chi connectivity index (χ0v) is 11.6. The van der Waals surface area contributed by atoms with Gasteiger partial charge in [0.05, 0.1) is 7.11 Å². The van der Waals surface area contributed by atoms with Crippen LogP contribution in [0.4, 0.5) is 5.69 Å². The summed E-state index contributed by atoms with van der Waals surface area (Å²) in [6, 6.07) is 10.3. The molecule has 1 amide bonds. The molecule has 2 rings (SSSR count). The highest BCUT2D eigenvalue weighted by atomic mass is 32.1. The largest absolute Gasteiger partial charge is 0.497 e.